The Morgan fingerprint density at radius 3 is 2.78 bits per heavy atom. The number of furan rings is 1. The first-order valence-corrected chi connectivity index (χ1v) is 6.25. The second-order valence-electron chi connectivity index (χ2n) is 5.06. The highest BCUT2D eigenvalue weighted by Crippen LogP contribution is 2.17. The Labute approximate surface area is 107 Å². The van der Waals surface area contributed by atoms with E-state index in [-0.39, 0.29) is 5.56 Å². The van der Waals surface area contributed by atoms with Crippen LogP contribution in [0.1, 0.15) is 29.0 Å². The summed E-state index contributed by atoms with van der Waals surface area (Å²) in [6.07, 6.45) is 3.61. The molecule has 0 amide bonds. The van der Waals surface area contributed by atoms with Crippen molar-refractivity contribution in [2.24, 2.45) is 0 Å². The average Bonchev–Trinajstić information content (AvgIpc) is 2.78. The van der Waals surface area contributed by atoms with Gasteiger partial charge in [-0.05, 0) is 46.1 Å². The van der Waals surface area contributed by atoms with E-state index in [4.69, 9.17) is 9.52 Å². The van der Waals surface area contributed by atoms with Crippen LogP contribution < -0.4 is 0 Å². The third-order valence-electron chi connectivity index (χ3n) is 3.62. The monoisotopic (exact) mass is 252 g/mol. The van der Waals surface area contributed by atoms with Gasteiger partial charge in [-0.3, -0.25) is 4.90 Å². The number of piperidine rings is 1. The van der Waals surface area contributed by atoms with E-state index in [2.05, 4.69) is 23.9 Å². The highest BCUT2D eigenvalue weighted by Gasteiger charge is 2.21. The number of carbonyl (C=O) groups is 1. The molecule has 18 heavy (non-hydrogen) atoms. The van der Waals surface area contributed by atoms with Gasteiger partial charge in [0.2, 0.25) is 0 Å². The molecule has 1 aromatic rings. The molecule has 0 aliphatic carbocycles. The van der Waals surface area contributed by atoms with Crippen LogP contribution in [0.2, 0.25) is 0 Å². The summed E-state index contributed by atoms with van der Waals surface area (Å²) in [7, 11) is 4.21. The van der Waals surface area contributed by atoms with Crippen LogP contribution in [0.15, 0.2) is 16.7 Å². The molecule has 100 valence electrons. The molecule has 5 nitrogen and oxygen atoms in total. The Morgan fingerprint density at radius 1 is 1.56 bits per heavy atom. The van der Waals surface area contributed by atoms with Crippen LogP contribution in [0.5, 0.6) is 0 Å². The molecule has 1 aliphatic heterocycles. The number of nitrogens with zero attached hydrogens (tertiary/aromatic N) is 2. The summed E-state index contributed by atoms with van der Waals surface area (Å²) >= 11 is 0. The highest BCUT2D eigenvalue weighted by atomic mass is 16.4. The Bertz CT molecular complexity index is 408. The van der Waals surface area contributed by atoms with Crippen molar-refractivity contribution >= 4 is 5.97 Å². The standard InChI is InChI=1S/C13H20N2O3/c1-14-5-3-11(4-6-14)15(2)8-12-7-10(9-18-12)13(16)17/h7,9,11H,3-6,8H2,1-2H3,(H,16,17). The minimum Gasteiger partial charge on any atom is -0.478 e. The zero-order valence-electron chi connectivity index (χ0n) is 10.9. The zero-order chi connectivity index (χ0) is 13.1. The van der Waals surface area contributed by atoms with Crippen molar-refractivity contribution in [2.75, 3.05) is 27.2 Å². The van der Waals surface area contributed by atoms with E-state index in [9.17, 15) is 4.79 Å². The van der Waals surface area contributed by atoms with Gasteiger partial charge in [0.25, 0.3) is 0 Å². The minimum atomic E-state index is -0.938. The number of hydrogen-bond acceptors (Lipinski definition) is 4. The first kappa shape index (κ1) is 13.1. The minimum absolute atomic E-state index is 0.224. The maximum Gasteiger partial charge on any atom is 0.338 e. The summed E-state index contributed by atoms with van der Waals surface area (Å²) in [5, 5.41) is 8.83. The van der Waals surface area contributed by atoms with Crippen molar-refractivity contribution < 1.29 is 14.3 Å². The lowest BCUT2D eigenvalue weighted by atomic mass is 10.0. The normalized spacial score (nSPS) is 18.4. The number of aromatic carboxylic acids is 1. The van der Waals surface area contributed by atoms with Gasteiger partial charge in [0, 0.05) is 6.04 Å². The van der Waals surface area contributed by atoms with Gasteiger partial charge < -0.3 is 14.4 Å². The molecule has 0 atom stereocenters. The molecular formula is C13H20N2O3. The van der Waals surface area contributed by atoms with Crippen LogP contribution in [-0.2, 0) is 6.54 Å². The summed E-state index contributed by atoms with van der Waals surface area (Å²) in [5.41, 5.74) is 0.224. The van der Waals surface area contributed by atoms with Crippen LogP contribution >= 0.6 is 0 Å². The molecule has 0 aromatic carbocycles. The van der Waals surface area contributed by atoms with Crippen molar-refractivity contribution in [2.45, 2.75) is 25.4 Å². The second-order valence-corrected chi connectivity index (χ2v) is 5.06. The SMILES string of the molecule is CN1CCC(N(C)Cc2cc(C(=O)O)co2)CC1. The Morgan fingerprint density at radius 2 is 2.22 bits per heavy atom. The highest BCUT2D eigenvalue weighted by molar-refractivity contribution is 5.87. The van der Waals surface area contributed by atoms with Gasteiger partial charge >= 0.3 is 5.97 Å². The molecule has 0 radical (unpaired) electrons. The first-order chi connectivity index (χ1) is 8.56. The van der Waals surface area contributed by atoms with Crippen molar-refractivity contribution in [3.8, 4) is 0 Å². The van der Waals surface area contributed by atoms with E-state index in [0.717, 1.165) is 25.9 Å². The van der Waals surface area contributed by atoms with Crippen LogP contribution in [-0.4, -0.2) is 54.1 Å². The van der Waals surface area contributed by atoms with Gasteiger partial charge in [-0.25, -0.2) is 4.79 Å². The van der Waals surface area contributed by atoms with Gasteiger partial charge in [-0.1, -0.05) is 0 Å². The summed E-state index contributed by atoms with van der Waals surface area (Å²) in [5.74, 6) is -0.222. The second kappa shape index (κ2) is 5.54. The number of carboxylic acids is 1. The Kier molecular flexibility index (Phi) is 4.04. The first-order valence-electron chi connectivity index (χ1n) is 6.25. The van der Waals surface area contributed by atoms with Gasteiger partial charge in [0.1, 0.15) is 12.0 Å². The molecule has 1 saturated heterocycles. The quantitative estimate of drug-likeness (QED) is 0.880. The molecule has 5 heteroatoms. The van der Waals surface area contributed by atoms with Gasteiger partial charge in [0.05, 0.1) is 12.1 Å². The Balaban J connectivity index is 1.90. The fraction of sp³-hybridized carbons (Fsp3) is 0.615. The molecule has 2 rings (SSSR count). The lowest BCUT2D eigenvalue weighted by molar-refractivity contribution is 0.0696. The molecular weight excluding hydrogens is 232 g/mol. The predicted octanol–water partition coefficient (Wildman–Crippen LogP) is 1.50. The summed E-state index contributed by atoms with van der Waals surface area (Å²) < 4.78 is 5.28. The van der Waals surface area contributed by atoms with Crippen molar-refractivity contribution in [3.63, 3.8) is 0 Å². The van der Waals surface area contributed by atoms with Crippen LogP contribution in [0, 0.1) is 0 Å². The van der Waals surface area contributed by atoms with Crippen LogP contribution in [0.25, 0.3) is 0 Å². The van der Waals surface area contributed by atoms with Crippen LogP contribution in [0.4, 0.5) is 0 Å². The van der Waals surface area contributed by atoms with Crippen LogP contribution in [0.3, 0.4) is 0 Å². The van der Waals surface area contributed by atoms with E-state index in [1.807, 2.05) is 0 Å². The summed E-state index contributed by atoms with van der Waals surface area (Å²) in [4.78, 5) is 15.3. The van der Waals surface area contributed by atoms with Crippen molar-refractivity contribution in [1.82, 2.24) is 9.80 Å². The van der Waals surface area contributed by atoms with Crippen molar-refractivity contribution in [3.05, 3.63) is 23.7 Å². The summed E-state index contributed by atoms with van der Waals surface area (Å²) in [6.45, 7) is 2.91. The predicted molar refractivity (Wildman–Crippen MR) is 67.7 cm³/mol. The maximum atomic E-state index is 10.8. The van der Waals surface area contributed by atoms with E-state index < -0.39 is 5.97 Å². The smallest absolute Gasteiger partial charge is 0.338 e. The molecule has 0 bridgehead atoms. The van der Waals surface area contributed by atoms with Crippen molar-refractivity contribution in [1.29, 1.82) is 0 Å². The molecule has 0 saturated carbocycles. The molecule has 1 aromatic heterocycles. The zero-order valence-corrected chi connectivity index (χ0v) is 10.9. The number of rotatable bonds is 4. The number of hydrogen-bond donors (Lipinski definition) is 1. The van der Waals surface area contributed by atoms with E-state index in [1.165, 1.54) is 6.26 Å². The molecule has 1 fully saturated rings. The van der Waals surface area contributed by atoms with Gasteiger partial charge in [-0.2, -0.15) is 0 Å². The van der Waals surface area contributed by atoms with E-state index in [0.29, 0.717) is 18.3 Å². The lowest BCUT2D eigenvalue weighted by Gasteiger charge is -2.34. The number of likely N-dealkylation sites (tertiary alicyclic amines) is 1. The van der Waals surface area contributed by atoms with Gasteiger partial charge in [-0.15, -0.1) is 0 Å². The largest absolute Gasteiger partial charge is 0.478 e. The third-order valence-corrected chi connectivity index (χ3v) is 3.62. The topological polar surface area (TPSA) is 56.9 Å². The molecule has 2 heterocycles. The number of carboxylic acid groups (broad SMARTS) is 1. The summed E-state index contributed by atoms with van der Waals surface area (Å²) in [6, 6.07) is 2.16. The fourth-order valence-electron chi connectivity index (χ4n) is 2.39. The van der Waals surface area contributed by atoms with E-state index >= 15 is 0 Å². The molecule has 1 N–H and O–H groups in total. The van der Waals surface area contributed by atoms with Gasteiger partial charge in [0.15, 0.2) is 0 Å². The lowest BCUT2D eigenvalue weighted by Crippen LogP contribution is -2.41. The fourth-order valence-corrected chi connectivity index (χ4v) is 2.39. The maximum absolute atomic E-state index is 10.8. The molecule has 0 spiro atoms. The third kappa shape index (κ3) is 3.11. The molecule has 1 aliphatic rings. The molecule has 0 unspecified atom stereocenters. The van der Waals surface area contributed by atoms with E-state index in [1.54, 1.807) is 6.07 Å². The Hall–Kier alpha value is -1.33. The average molecular weight is 252 g/mol.